The molecular formula is C28H33N. The molecule has 29 heavy (non-hydrogen) atoms. The minimum atomic E-state index is 0.962. The van der Waals surface area contributed by atoms with Gasteiger partial charge >= 0.3 is 0 Å². The van der Waals surface area contributed by atoms with Gasteiger partial charge in [0.2, 0.25) is 0 Å². The molecular weight excluding hydrogens is 350 g/mol. The Bertz CT molecular complexity index is 991. The summed E-state index contributed by atoms with van der Waals surface area (Å²) >= 11 is 0. The molecule has 1 heteroatoms. The maximum atomic E-state index is 3.37. The summed E-state index contributed by atoms with van der Waals surface area (Å²) in [4.78, 5) is 0. The van der Waals surface area contributed by atoms with Crippen LogP contribution in [0.4, 0.5) is 0 Å². The van der Waals surface area contributed by atoms with Crippen LogP contribution >= 0.6 is 0 Å². The molecule has 3 aromatic rings. The number of nitrogens with zero attached hydrogens (tertiary/aromatic N) is 1. The first-order valence-corrected chi connectivity index (χ1v) is 11.3. The monoisotopic (exact) mass is 383 g/mol. The summed E-state index contributed by atoms with van der Waals surface area (Å²) in [5, 5.41) is 2.58. The molecule has 1 aromatic heterocycles. The Labute approximate surface area is 176 Å². The zero-order chi connectivity index (χ0) is 20.5. The van der Waals surface area contributed by atoms with E-state index in [2.05, 4.69) is 85.4 Å². The molecule has 3 rings (SSSR count). The van der Waals surface area contributed by atoms with Crippen molar-refractivity contribution in [2.75, 3.05) is 0 Å². The zero-order valence-corrected chi connectivity index (χ0v) is 18.3. The zero-order valence-electron chi connectivity index (χ0n) is 18.3. The van der Waals surface area contributed by atoms with Gasteiger partial charge in [-0.25, -0.2) is 0 Å². The molecule has 150 valence electrons. The number of rotatable bonds is 7. The predicted molar refractivity (Wildman–Crippen MR) is 127 cm³/mol. The molecule has 0 saturated heterocycles. The van der Waals surface area contributed by atoms with Crippen LogP contribution in [0, 0.1) is 23.7 Å². The van der Waals surface area contributed by atoms with Crippen LogP contribution in [0.15, 0.2) is 36.4 Å². The molecule has 1 nitrogen and oxygen atoms in total. The molecule has 0 fully saturated rings. The van der Waals surface area contributed by atoms with Crippen LogP contribution < -0.4 is 0 Å². The van der Waals surface area contributed by atoms with Gasteiger partial charge in [0.05, 0.1) is 0 Å². The van der Waals surface area contributed by atoms with Crippen LogP contribution in [-0.4, -0.2) is 4.57 Å². The Morgan fingerprint density at radius 3 is 1.55 bits per heavy atom. The fraction of sp³-hybridized carbons (Fsp3) is 0.429. The van der Waals surface area contributed by atoms with Gasteiger partial charge in [0.15, 0.2) is 0 Å². The topological polar surface area (TPSA) is 4.93 Å². The highest BCUT2D eigenvalue weighted by atomic mass is 15.0. The Hall–Kier alpha value is -2.64. The van der Waals surface area contributed by atoms with Gasteiger partial charge < -0.3 is 4.57 Å². The number of aromatic nitrogens is 1. The van der Waals surface area contributed by atoms with E-state index in [-0.39, 0.29) is 0 Å². The first-order valence-electron chi connectivity index (χ1n) is 11.3. The lowest BCUT2D eigenvalue weighted by Crippen LogP contribution is -1.92. The van der Waals surface area contributed by atoms with E-state index < -0.39 is 0 Å². The lowest BCUT2D eigenvalue weighted by molar-refractivity contribution is 0.737. The minimum absolute atomic E-state index is 0.962. The molecule has 0 aliphatic heterocycles. The Kier molecular flexibility index (Phi) is 7.84. The van der Waals surface area contributed by atoms with Crippen molar-refractivity contribution in [3.05, 3.63) is 47.5 Å². The average molecular weight is 384 g/mol. The summed E-state index contributed by atoms with van der Waals surface area (Å²) in [5.41, 5.74) is 4.79. The fourth-order valence-corrected chi connectivity index (χ4v) is 3.86. The van der Waals surface area contributed by atoms with Gasteiger partial charge in [-0.05, 0) is 56.2 Å². The van der Waals surface area contributed by atoms with Crippen molar-refractivity contribution in [1.82, 2.24) is 4.57 Å². The summed E-state index contributed by atoms with van der Waals surface area (Å²) in [5.74, 6) is 13.4. The molecule has 0 amide bonds. The largest absolute Gasteiger partial charge is 0.341 e. The molecule has 0 unspecified atom stereocenters. The number of aryl methyl sites for hydroxylation is 1. The van der Waals surface area contributed by atoms with Crippen LogP contribution in [0.3, 0.4) is 0 Å². The highest BCUT2D eigenvalue weighted by Gasteiger charge is 2.10. The van der Waals surface area contributed by atoms with E-state index in [1.807, 2.05) is 0 Å². The van der Waals surface area contributed by atoms with Crippen molar-refractivity contribution >= 4 is 21.8 Å². The third-order valence-electron chi connectivity index (χ3n) is 5.46. The molecule has 0 spiro atoms. The normalized spacial score (nSPS) is 10.6. The second-order valence-electron chi connectivity index (χ2n) is 7.73. The van der Waals surface area contributed by atoms with Gasteiger partial charge in [0.1, 0.15) is 0 Å². The molecule has 0 atom stereocenters. The fourth-order valence-electron chi connectivity index (χ4n) is 3.86. The third kappa shape index (κ3) is 5.25. The number of benzene rings is 2. The molecule has 0 N–H and O–H groups in total. The SMILES string of the molecule is CCCCCC#Cc1ccc2c(c1)c1cc(C#CCCCCC)ccc1n2CC. The van der Waals surface area contributed by atoms with Gasteiger partial charge in [-0.3, -0.25) is 0 Å². The Morgan fingerprint density at radius 1 is 0.655 bits per heavy atom. The van der Waals surface area contributed by atoms with Gasteiger partial charge in [0.25, 0.3) is 0 Å². The lowest BCUT2D eigenvalue weighted by atomic mass is 10.1. The number of hydrogen-bond donors (Lipinski definition) is 0. The van der Waals surface area contributed by atoms with Crippen LogP contribution in [0.5, 0.6) is 0 Å². The maximum absolute atomic E-state index is 3.37. The lowest BCUT2D eigenvalue weighted by Gasteiger charge is -2.02. The van der Waals surface area contributed by atoms with E-state index in [0.717, 1.165) is 30.5 Å². The van der Waals surface area contributed by atoms with E-state index in [4.69, 9.17) is 0 Å². The molecule has 0 saturated carbocycles. The second kappa shape index (κ2) is 10.8. The van der Waals surface area contributed by atoms with Crippen molar-refractivity contribution in [1.29, 1.82) is 0 Å². The second-order valence-corrected chi connectivity index (χ2v) is 7.73. The van der Waals surface area contributed by atoms with Crippen molar-refractivity contribution in [2.24, 2.45) is 0 Å². The first kappa shape index (κ1) is 21.1. The molecule has 1 heterocycles. The highest BCUT2D eigenvalue weighted by molar-refractivity contribution is 6.08. The van der Waals surface area contributed by atoms with Crippen molar-refractivity contribution in [2.45, 2.75) is 78.7 Å². The van der Waals surface area contributed by atoms with E-state index in [1.165, 1.54) is 60.3 Å². The standard InChI is InChI=1S/C28H33N/c1-4-7-9-11-13-15-23-17-19-27-25(21-23)26-22-24(16-14-12-10-8-5-2)18-20-28(26)29(27)6-3/h17-22H,4-12H2,1-3H3. The molecule has 0 aliphatic rings. The van der Waals surface area contributed by atoms with Gasteiger partial charge in [-0.15, -0.1) is 0 Å². The maximum Gasteiger partial charge on any atom is 0.0492 e. The smallest absolute Gasteiger partial charge is 0.0492 e. The predicted octanol–water partition coefficient (Wildman–Crippen LogP) is 7.68. The molecule has 0 bridgehead atoms. The minimum Gasteiger partial charge on any atom is -0.341 e. The summed E-state index contributed by atoms with van der Waals surface area (Å²) in [6.07, 6.45) is 9.38. The number of unbranched alkanes of at least 4 members (excludes halogenated alkanes) is 6. The number of fused-ring (bicyclic) bond motifs is 3. The molecule has 0 radical (unpaired) electrons. The molecule has 0 aliphatic carbocycles. The summed E-state index contributed by atoms with van der Waals surface area (Å²) in [7, 11) is 0. The van der Waals surface area contributed by atoms with Crippen LogP contribution in [0.25, 0.3) is 21.8 Å². The number of hydrogen-bond acceptors (Lipinski definition) is 0. The average Bonchev–Trinajstić information content (AvgIpc) is 3.06. The van der Waals surface area contributed by atoms with Crippen LogP contribution in [-0.2, 0) is 6.54 Å². The molecule has 2 aromatic carbocycles. The van der Waals surface area contributed by atoms with E-state index in [1.54, 1.807) is 0 Å². The first-order chi connectivity index (χ1) is 14.3. The van der Waals surface area contributed by atoms with Crippen LogP contribution in [0.2, 0.25) is 0 Å². The van der Waals surface area contributed by atoms with Gasteiger partial charge in [-0.2, -0.15) is 0 Å². The van der Waals surface area contributed by atoms with E-state index in [9.17, 15) is 0 Å². The Balaban J connectivity index is 1.94. The summed E-state index contributed by atoms with van der Waals surface area (Å²) in [6, 6.07) is 13.3. The van der Waals surface area contributed by atoms with Crippen molar-refractivity contribution < 1.29 is 0 Å². The van der Waals surface area contributed by atoms with Crippen molar-refractivity contribution in [3.63, 3.8) is 0 Å². The quantitative estimate of drug-likeness (QED) is 0.291. The van der Waals surface area contributed by atoms with Crippen LogP contribution in [0.1, 0.15) is 83.3 Å². The third-order valence-corrected chi connectivity index (χ3v) is 5.46. The summed E-state index contributed by atoms with van der Waals surface area (Å²) in [6.45, 7) is 7.63. The summed E-state index contributed by atoms with van der Waals surface area (Å²) < 4.78 is 2.39. The highest BCUT2D eigenvalue weighted by Crippen LogP contribution is 2.30. The van der Waals surface area contributed by atoms with Crippen molar-refractivity contribution in [3.8, 4) is 23.7 Å². The van der Waals surface area contributed by atoms with E-state index in [0.29, 0.717) is 0 Å². The van der Waals surface area contributed by atoms with Gasteiger partial charge in [0, 0.05) is 52.3 Å². The van der Waals surface area contributed by atoms with E-state index >= 15 is 0 Å². The van der Waals surface area contributed by atoms with Gasteiger partial charge in [-0.1, -0.05) is 63.2 Å². The Morgan fingerprint density at radius 2 is 1.14 bits per heavy atom.